The number of pyridine rings is 1. The van der Waals surface area contributed by atoms with Gasteiger partial charge in [0.05, 0.1) is 34.7 Å². The number of fused-ring (bicyclic) bond motifs is 2. The van der Waals surface area contributed by atoms with Crippen LogP contribution in [0.4, 0.5) is 4.39 Å². The molecule has 8 heteroatoms. The van der Waals surface area contributed by atoms with Gasteiger partial charge in [-0.3, -0.25) is 9.59 Å². The van der Waals surface area contributed by atoms with Gasteiger partial charge >= 0.3 is 0 Å². The number of aromatic nitrogens is 4. The lowest BCUT2D eigenvalue weighted by Crippen LogP contribution is -2.39. The van der Waals surface area contributed by atoms with Gasteiger partial charge in [-0.15, -0.1) is 0 Å². The van der Waals surface area contributed by atoms with E-state index in [1.54, 1.807) is 24.5 Å². The van der Waals surface area contributed by atoms with Crippen molar-refractivity contribution in [3.8, 4) is 16.9 Å². The first kappa shape index (κ1) is 23.5. The molecule has 7 rings (SSSR count). The molecule has 1 amide bonds. The van der Waals surface area contributed by atoms with Gasteiger partial charge in [-0.2, -0.15) is 5.10 Å². The van der Waals surface area contributed by atoms with E-state index in [9.17, 15) is 9.59 Å². The van der Waals surface area contributed by atoms with Gasteiger partial charge in [0, 0.05) is 36.8 Å². The summed E-state index contributed by atoms with van der Waals surface area (Å²) in [6.07, 6.45) is 10.2. The number of amides is 1. The predicted molar refractivity (Wildman–Crippen MR) is 145 cm³/mol. The molecule has 1 atom stereocenters. The number of hydrogen-bond donors (Lipinski definition) is 0. The number of aldehydes is 1. The fraction of sp³-hybridized carbons (Fsp3) is 0.226. The van der Waals surface area contributed by atoms with Crippen molar-refractivity contribution in [3.63, 3.8) is 0 Å². The van der Waals surface area contributed by atoms with E-state index >= 15 is 4.39 Å². The molecule has 0 bridgehead atoms. The number of benzene rings is 2. The largest absolute Gasteiger partial charge is 0.331 e. The van der Waals surface area contributed by atoms with Crippen molar-refractivity contribution >= 4 is 17.8 Å². The Hall–Kier alpha value is -4.59. The Kier molecular flexibility index (Phi) is 5.43. The number of nitrogens with zero attached hydrogens (tertiary/aromatic N) is 5. The van der Waals surface area contributed by atoms with E-state index < -0.39 is 5.82 Å². The van der Waals surface area contributed by atoms with Crippen LogP contribution in [0.25, 0.3) is 22.6 Å². The lowest BCUT2D eigenvalue weighted by atomic mass is 9.93. The second-order valence-electron chi connectivity index (χ2n) is 10.4. The zero-order chi connectivity index (χ0) is 26.7. The van der Waals surface area contributed by atoms with Crippen molar-refractivity contribution in [1.29, 1.82) is 0 Å². The molecule has 0 radical (unpaired) electrons. The lowest BCUT2D eigenvalue weighted by Gasteiger charge is -2.35. The van der Waals surface area contributed by atoms with Crippen LogP contribution in [-0.4, -0.2) is 42.8 Å². The number of halogens is 1. The standard InChI is InChI=1S/C31H26FN5O2/c1-19-25-5-3-2-4-21(25)10-11-36(19)31(39)23-12-27(22-6-7-22)30-34-29(17-35(30)16-23)26-9-8-24(13-28(26)32)37-15-20(18-38)14-33-37/h2-5,8-9,12-19,22H,6-7,10-11H2,1H3/t19-/m1/s1. The SMILES string of the molecule is C[C@@H]1c2ccccc2CCN1C(=O)c1cc(C2CC2)c2nc(-c3ccc(-n4cc(C=O)cn4)cc3F)cn2c1. The minimum atomic E-state index is -0.441. The maximum atomic E-state index is 15.3. The van der Waals surface area contributed by atoms with E-state index in [0.29, 0.717) is 46.8 Å². The van der Waals surface area contributed by atoms with Gasteiger partial charge in [-0.1, -0.05) is 24.3 Å². The van der Waals surface area contributed by atoms with Crippen LogP contribution in [0.3, 0.4) is 0 Å². The molecule has 1 saturated carbocycles. The highest BCUT2D eigenvalue weighted by molar-refractivity contribution is 5.95. The molecule has 3 aromatic heterocycles. The highest BCUT2D eigenvalue weighted by atomic mass is 19.1. The number of carbonyl (C=O) groups is 2. The fourth-order valence-electron chi connectivity index (χ4n) is 5.67. The third-order valence-corrected chi connectivity index (χ3v) is 7.93. The maximum absolute atomic E-state index is 15.3. The maximum Gasteiger partial charge on any atom is 0.255 e. The fourth-order valence-corrected chi connectivity index (χ4v) is 5.67. The van der Waals surface area contributed by atoms with Gasteiger partial charge < -0.3 is 9.30 Å². The van der Waals surface area contributed by atoms with E-state index in [1.807, 2.05) is 33.7 Å². The summed E-state index contributed by atoms with van der Waals surface area (Å²) in [6, 6.07) is 15.1. The van der Waals surface area contributed by atoms with Gasteiger partial charge in [-0.05, 0) is 67.0 Å². The average molecular weight is 520 g/mol. The van der Waals surface area contributed by atoms with Crippen LogP contribution >= 0.6 is 0 Å². The second-order valence-corrected chi connectivity index (χ2v) is 10.4. The van der Waals surface area contributed by atoms with E-state index in [1.165, 1.54) is 28.1 Å². The molecule has 5 aromatic rings. The molecule has 0 N–H and O–H groups in total. The average Bonchev–Trinajstić information content (AvgIpc) is 3.52. The van der Waals surface area contributed by atoms with Crippen molar-refractivity contribution in [2.45, 2.75) is 38.1 Å². The summed E-state index contributed by atoms with van der Waals surface area (Å²) in [5.41, 5.74) is 6.70. The van der Waals surface area contributed by atoms with Crippen LogP contribution < -0.4 is 0 Å². The monoisotopic (exact) mass is 519 g/mol. The molecule has 1 aliphatic carbocycles. The molecule has 194 valence electrons. The van der Waals surface area contributed by atoms with Crippen LogP contribution in [0.15, 0.2) is 73.3 Å². The van der Waals surface area contributed by atoms with E-state index in [2.05, 4.69) is 24.2 Å². The number of rotatable bonds is 5. The second kappa shape index (κ2) is 9.01. The van der Waals surface area contributed by atoms with Gasteiger partial charge in [0.1, 0.15) is 11.5 Å². The van der Waals surface area contributed by atoms with Crippen LogP contribution in [-0.2, 0) is 6.42 Å². The molecule has 4 heterocycles. The minimum Gasteiger partial charge on any atom is -0.331 e. The Balaban J connectivity index is 1.25. The van der Waals surface area contributed by atoms with Crippen LogP contribution in [0, 0.1) is 5.82 Å². The first-order valence-electron chi connectivity index (χ1n) is 13.2. The molecule has 2 aromatic carbocycles. The van der Waals surface area contributed by atoms with Gasteiger partial charge in [0.2, 0.25) is 0 Å². The zero-order valence-electron chi connectivity index (χ0n) is 21.4. The molecule has 2 aliphatic rings. The third kappa shape index (κ3) is 4.03. The van der Waals surface area contributed by atoms with Crippen molar-refractivity contribution in [2.75, 3.05) is 6.54 Å². The summed E-state index contributed by atoms with van der Waals surface area (Å²) >= 11 is 0. The normalized spacial score (nSPS) is 16.9. The summed E-state index contributed by atoms with van der Waals surface area (Å²) in [7, 11) is 0. The van der Waals surface area contributed by atoms with E-state index in [4.69, 9.17) is 4.98 Å². The molecule has 0 unspecified atom stereocenters. The van der Waals surface area contributed by atoms with Gasteiger partial charge in [0.15, 0.2) is 6.29 Å². The Morgan fingerprint density at radius 1 is 1.05 bits per heavy atom. The van der Waals surface area contributed by atoms with E-state index in [0.717, 1.165) is 30.5 Å². The highest BCUT2D eigenvalue weighted by Gasteiger charge is 2.32. The van der Waals surface area contributed by atoms with Crippen molar-refractivity contribution < 1.29 is 14.0 Å². The predicted octanol–water partition coefficient (Wildman–Crippen LogP) is 5.78. The zero-order valence-corrected chi connectivity index (χ0v) is 21.4. The molecule has 1 aliphatic heterocycles. The number of imidazole rings is 1. The summed E-state index contributed by atoms with van der Waals surface area (Å²) in [4.78, 5) is 31.5. The summed E-state index contributed by atoms with van der Waals surface area (Å²) in [5, 5.41) is 4.12. The quantitative estimate of drug-likeness (QED) is 0.276. The van der Waals surface area contributed by atoms with Crippen LogP contribution in [0.2, 0.25) is 0 Å². The smallest absolute Gasteiger partial charge is 0.255 e. The Morgan fingerprint density at radius 2 is 1.90 bits per heavy atom. The van der Waals surface area contributed by atoms with Gasteiger partial charge in [0.25, 0.3) is 5.91 Å². The molecule has 7 nitrogen and oxygen atoms in total. The molecule has 1 fully saturated rings. The first-order valence-corrected chi connectivity index (χ1v) is 13.2. The third-order valence-electron chi connectivity index (χ3n) is 7.93. The summed E-state index contributed by atoms with van der Waals surface area (Å²) in [5.74, 6) is -0.0845. The molecular weight excluding hydrogens is 493 g/mol. The lowest BCUT2D eigenvalue weighted by molar-refractivity contribution is 0.0677. The Bertz CT molecular complexity index is 1770. The summed E-state index contributed by atoms with van der Waals surface area (Å²) < 4.78 is 18.6. The van der Waals surface area contributed by atoms with Gasteiger partial charge in [-0.25, -0.2) is 14.1 Å². The Morgan fingerprint density at radius 3 is 2.67 bits per heavy atom. The minimum absolute atomic E-state index is 0.000465. The first-order chi connectivity index (χ1) is 19.0. The Labute approximate surface area is 224 Å². The topological polar surface area (TPSA) is 72.5 Å². The molecule has 0 spiro atoms. The van der Waals surface area contributed by atoms with Crippen molar-refractivity contribution in [3.05, 3.63) is 107 Å². The van der Waals surface area contributed by atoms with Crippen LogP contribution in [0.5, 0.6) is 0 Å². The van der Waals surface area contributed by atoms with Crippen molar-refractivity contribution in [2.24, 2.45) is 0 Å². The summed E-state index contributed by atoms with van der Waals surface area (Å²) in [6.45, 7) is 2.76. The number of carbonyl (C=O) groups excluding carboxylic acids is 2. The number of hydrogen-bond acceptors (Lipinski definition) is 4. The molecule has 0 saturated heterocycles. The van der Waals surface area contributed by atoms with Crippen molar-refractivity contribution in [1.82, 2.24) is 24.1 Å². The molecule has 39 heavy (non-hydrogen) atoms. The van der Waals surface area contributed by atoms with Crippen LogP contribution in [0.1, 0.15) is 69.1 Å². The highest BCUT2D eigenvalue weighted by Crippen LogP contribution is 2.43. The molecular formula is C31H26FN5O2. The van der Waals surface area contributed by atoms with E-state index in [-0.39, 0.29) is 11.9 Å².